The van der Waals surface area contributed by atoms with Gasteiger partial charge in [0.25, 0.3) is 0 Å². The summed E-state index contributed by atoms with van der Waals surface area (Å²) in [7, 11) is 5.38. The summed E-state index contributed by atoms with van der Waals surface area (Å²) in [6.07, 6.45) is 3.42. The quantitative estimate of drug-likeness (QED) is 0.756. The minimum Gasteiger partial charge on any atom is -0.468 e. The molecule has 1 rings (SSSR count). The third kappa shape index (κ3) is 4.09. The first-order valence-electron chi connectivity index (χ1n) is 5.92. The topological polar surface area (TPSA) is 54.5 Å². The van der Waals surface area contributed by atoms with Crippen molar-refractivity contribution in [2.24, 2.45) is 0 Å². The summed E-state index contributed by atoms with van der Waals surface area (Å²) in [5, 5.41) is 3.20. The van der Waals surface area contributed by atoms with Gasteiger partial charge in [-0.2, -0.15) is 0 Å². The molecule has 1 unspecified atom stereocenters. The minimum atomic E-state index is -0.455. The van der Waals surface area contributed by atoms with Crippen molar-refractivity contribution in [2.75, 3.05) is 34.3 Å². The SMILES string of the molecule is COC(=O)C(NCCN(C)C)c1cnccc1C. The first kappa shape index (κ1) is 14.6. The lowest BCUT2D eigenvalue weighted by atomic mass is 10.0. The van der Waals surface area contributed by atoms with E-state index in [0.29, 0.717) is 6.54 Å². The molecule has 0 bridgehead atoms. The van der Waals surface area contributed by atoms with E-state index in [1.807, 2.05) is 27.1 Å². The number of hydrogen-bond donors (Lipinski definition) is 1. The minimum absolute atomic E-state index is 0.287. The number of aromatic nitrogens is 1. The Morgan fingerprint density at radius 3 is 2.83 bits per heavy atom. The molecule has 0 amide bonds. The Morgan fingerprint density at radius 2 is 2.28 bits per heavy atom. The fraction of sp³-hybridized carbons (Fsp3) is 0.538. The molecule has 0 aliphatic carbocycles. The van der Waals surface area contributed by atoms with E-state index in [-0.39, 0.29) is 5.97 Å². The molecule has 1 heterocycles. The molecule has 0 radical (unpaired) electrons. The zero-order valence-corrected chi connectivity index (χ0v) is 11.4. The molecule has 18 heavy (non-hydrogen) atoms. The average Bonchev–Trinajstić information content (AvgIpc) is 2.35. The largest absolute Gasteiger partial charge is 0.468 e. The number of hydrogen-bond acceptors (Lipinski definition) is 5. The number of ether oxygens (including phenoxy) is 1. The standard InChI is InChI=1S/C13H21N3O2/c1-10-5-6-14-9-11(10)12(13(17)18-4)15-7-8-16(2)3/h5-6,9,12,15H,7-8H2,1-4H3. The lowest BCUT2D eigenvalue weighted by molar-refractivity contribution is -0.143. The molecule has 0 fully saturated rings. The van der Waals surface area contributed by atoms with Gasteiger partial charge in [-0.05, 0) is 32.6 Å². The Balaban J connectivity index is 2.79. The van der Waals surface area contributed by atoms with E-state index in [2.05, 4.69) is 15.2 Å². The third-order valence-corrected chi connectivity index (χ3v) is 2.73. The normalized spacial score (nSPS) is 12.5. The van der Waals surface area contributed by atoms with E-state index >= 15 is 0 Å². The highest BCUT2D eigenvalue weighted by atomic mass is 16.5. The van der Waals surface area contributed by atoms with E-state index in [9.17, 15) is 4.79 Å². The number of carbonyl (C=O) groups excluding carboxylic acids is 1. The number of carbonyl (C=O) groups is 1. The third-order valence-electron chi connectivity index (χ3n) is 2.73. The summed E-state index contributed by atoms with van der Waals surface area (Å²) < 4.78 is 4.84. The average molecular weight is 251 g/mol. The monoisotopic (exact) mass is 251 g/mol. The number of methoxy groups -OCH3 is 1. The summed E-state index contributed by atoms with van der Waals surface area (Å²) in [5.74, 6) is -0.287. The maximum atomic E-state index is 11.8. The van der Waals surface area contributed by atoms with E-state index in [1.165, 1.54) is 7.11 Å². The Labute approximate surface area is 108 Å². The fourth-order valence-electron chi connectivity index (χ4n) is 1.65. The molecule has 0 aliphatic rings. The predicted molar refractivity (Wildman–Crippen MR) is 70.3 cm³/mol. The van der Waals surface area contributed by atoms with Crippen LogP contribution >= 0.6 is 0 Å². The number of aryl methyl sites for hydroxylation is 1. The summed E-state index contributed by atoms with van der Waals surface area (Å²) in [4.78, 5) is 17.9. The van der Waals surface area contributed by atoms with Crippen LogP contribution in [0.1, 0.15) is 17.2 Å². The molecule has 0 saturated carbocycles. The number of rotatable bonds is 6. The maximum Gasteiger partial charge on any atom is 0.327 e. The number of nitrogens with one attached hydrogen (secondary N) is 1. The van der Waals surface area contributed by atoms with Crippen LogP contribution in [0.15, 0.2) is 18.5 Å². The van der Waals surface area contributed by atoms with Gasteiger partial charge in [-0.1, -0.05) is 0 Å². The molecule has 5 heteroatoms. The van der Waals surface area contributed by atoms with Crippen molar-refractivity contribution < 1.29 is 9.53 Å². The van der Waals surface area contributed by atoms with Gasteiger partial charge in [0.1, 0.15) is 6.04 Å². The predicted octanol–water partition coefficient (Wildman–Crippen LogP) is 0.755. The molecule has 5 nitrogen and oxygen atoms in total. The van der Waals surface area contributed by atoms with Crippen molar-refractivity contribution in [1.29, 1.82) is 0 Å². The van der Waals surface area contributed by atoms with Crippen molar-refractivity contribution in [2.45, 2.75) is 13.0 Å². The second kappa shape index (κ2) is 7.08. The van der Waals surface area contributed by atoms with Crippen LogP contribution in [0, 0.1) is 6.92 Å². The molecule has 1 aromatic heterocycles. The summed E-state index contributed by atoms with van der Waals surface area (Å²) in [6.45, 7) is 3.52. The van der Waals surface area contributed by atoms with Gasteiger partial charge in [-0.25, -0.2) is 4.79 Å². The number of pyridine rings is 1. The van der Waals surface area contributed by atoms with Crippen LogP contribution in [-0.4, -0.2) is 50.1 Å². The van der Waals surface area contributed by atoms with Gasteiger partial charge in [0.05, 0.1) is 7.11 Å². The van der Waals surface area contributed by atoms with Crippen LogP contribution in [0.2, 0.25) is 0 Å². The van der Waals surface area contributed by atoms with Crippen LogP contribution in [0.4, 0.5) is 0 Å². The molecular formula is C13H21N3O2. The highest BCUT2D eigenvalue weighted by Crippen LogP contribution is 2.17. The van der Waals surface area contributed by atoms with Crippen LogP contribution in [0.25, 0.3) is 0 Å². The molecule has 100 valence electrons. The Bertz CT molecular complexity index is 394. The van der Waals surface area contributed by atoms with Gasteiger partial charge in [-0.3, -0.25) is 10.3 Å². The van der Waals surface area contributed by atoms with Crippen molar-refractivity contribution in [3.8, 4) is 0 Å². The maximum absolute atomic E-state index is 11.8. The molecule has 1 atom stereocenters. The van der Waals surface area contributed by atoms with Crippen LogP contribution in [-0.2, 0) is 9.53 Å². The lowest BCUT2D eigenvalue weighted by Crippen LogP contribution is -2.35. The molecule has 1 aromatic rings. The van der Waals surface area contributed by atoms with E-state index < -0.39 is 6.04 Å². The van der Waals surface area contributed by atoms with E-state index in [0.717, 1.165) is 17.7 Å². The number of esters is 1. The second-order valence-electron chi connectivity index (χ2n) is 4.45. The van der Waals surface area contributed by atoms with E-state index in [4.69, 9.17) is 4.74 Å². The lowest BCUT2D eigenvalue weighted by Gasteiger charge is -2.19. The zero-order valence-electron chi connectivity index (χ0n) is 11.4. The molecule has 0 aliphatic heterocycles. The van der Waals surface area contributed by atoms with Gasteiger partial charge in [0, 0.05) is 31.0 Å². The molecule has 1 N–H and O–H groups in total. The first-order valence-corrected chi connectivity index (χ1v) is 5.92. The van der Waals surface area contributed by atoms with Crippen molar-refractivity contribution in [3.63, 3.8) is 0 Å². The summed E-state index contributed by atoms with van der Waals surface area (Å²) in [6, 6.07) is 1.43. The molecule has 0 spiro atoms. The van der Waals surface area contributed by atoms with Crippen LogP contribution < -0.4 is 5.32 Å². The van der Waals surface area contributed by atoms with Crippen molar-refractivity contribution >= 4 is 5.97 Å². The Morgan fingerprint density at radius 1 is 1.56 bits per heavy atom. The van der Waals surface area contributed by atoms with Gasteiger partial charge >= 0.3 is 5.97 Å². The Kier molecular flexibility index (Phi) is 5.74. The zero-order chi connectivity index (χ0) is 13.5. The summed E-state index contributed by atoms with van der Waals surface area (Å²) >= 11 is 0. The highest BCUT2D eigenvalue weighted by Gasteiger charge is 2.22. The molecular weight excluding hydrogens is 230 g/mol. The number of nitrogens with zero attached hydrogens (tertiary/aromatic N) is 2. The highest BCUT2D eigenvalue weighted by molar-refractivity contribution is 5.77. The molecule has 0 aromatic carbocycles. The van der Waals surface area contributed by atoms with Crippen LogP contribution in [0.5, 0.6) is 0 Å². The summed E-state index contributed by atoms with van der Waals surface area (Å²) in [5.41, 5.74) is 1.89. The van der Waals surface area contributed by atoms with Crippen molar-refractivity contribution in [3.05, 3.63) is 29.6 Å². The van der Waals surface area contributed by atoms with Crippen LogP contribution in [0.3, 0.4) is 0 Å². The molecule has 0 saturated heterocycles. The van der Waals surface area contributed by atoms with Gasteiger partial charge < -0.3 is 9.64 Å². The Hall–Kier alpha value is -1.46. The van der Waals surface area contributed by atoms with Crippen molar-refractivity contribution in [1.82, 2.24) is 15.2 Å². The second-order valence-corrected chi connectivity index (χ2v) is 4.45. The fourth-order valence-corrected chi connectivity index (χ4v) is 1.65. The van der Waals surface area contributed by atoms with Gasteiger partial charge in [0.2, 0.25) is 0 Å². The van der Waals surface area contributed by atoms with Gasteiger partial charge in [0.15, 0.2) is 0 Å². The smallest absolute Gasteiger partial charge is 0.327 e. The van der Waals surface area contributed by atoms with Gasteiger partial charge in [-0.15, -0.1) is 0 Å². The first-order chi connectivity index (χ1) is 8.56. The van der Waals surface area contributed by atoms with E-state index in [1.54, 1.807) is 12.4 Å². The number of likely N-dealkylation sites (N-methyl/N-ethyl adjacent to an activating group) is 1.